The Bertz CT molecular complexity index is 1210. The van der Waals surface area contributed by atoms with Crippen molar-refractivity contribution in [3.8, 4) is 0 Å². The molecule has 1 aliphatic rings. The van der Waals surface area contributed by atoms with Gasteiger partial charge in [0.25, 0.3) is 5.69 Å². The zero-order valence-corrected chi connectivity index (χ0v) is 18.0. The van der Waals surface area contributed by atoms with Gasteiger partial charge in [-0.1, -0.05) is 65.8 Å². The van der Waals surface area contributed by atoms with Gasteiger partial charge in [-0.25, -0.2) is 10.0 Å². The van der Waals surface area contributed by atoms with Crippen LogP contribution in [-0.4, -0.2) is 15.8 Å². The Morgan fingerprint density at radius 1 is 1.06 bits per heavy atom. The highest BCUT2D eigenvalue weighted by molar-refractivity contribution is 8.16. The number of thioether (sulfide) groups is 1. The van der Waals surface area contributed by atoms with Crippen LogP contribution in [0, 0.1) is 10.1 Å². The first-order valence-corrected chi connectivity index (χ1v) is 10.6. The van der Waals surface area contributed by atoms with Crippen molar-refractivity contribution >= 4 is 51.3 Å². The number of non-ortho nitro benzene ring substituents is 1. The van der Waals surface area contributed by atoms with E-state index >= 15 is 0 Å². The van der Waals surface area contributed by atoms with E-state index in [1.54, 1.807) is 17.1 Å². The van der Waals surface area contributed by atoms with Gasteiger partial charge in [-0.05, 0) is 36.8 Å². The minimum atomic E-state index is -0.401. The predicted molar refractivity (Wildman–Crippen MR) is 129 cm³/mol. The molecule has 0 fully saturated rings. The monoisotopic (exact) mass is 448 g/mol. The first-order valence-electron chi connectivity index (χ1n) is 9.38. The van der Waals surface area contributed by atoms with Crippen LogP contribution in [-0.2, 0) is 0 Å². The molecule has 31 heavy (non-hydrogen) atoms. The van der Waals surface area contributed by atoms with E-state index in [0.717, 1.165) is 22.7 Å². The molecule has 0 atom stereocenters. The predicted octanol–water partition coefficient (Wildman–Crippen LogP) is 6.58. The first-order chi connectivity index (χ1) is 15.0. The summed E-state index contributed by atoms with van der Waals surface area (Å²) in [6.07, 6.45) is 0. The van der Waals surface area contributed by atoms with Gasteiger partial charge in [0.05, 0.1) is 16.3 Å². The van der Waals surface area contributed by atoms with Crippen LogP contribution in [0.4, 0.5) is 11.4 Å². The lowest BCUT2D eigenvalue weighted by Crippen LogP contribution is -2.19. The van der Waals surface area contributed by atoms with E-state index in [9.17, 15) is 10.1 Å². The lowest BCUT2D eigenvalue weighted by Gasteiger charge is -2.26. The van der Waals surface area contributed by atoms with Gasteiger partial charge < -0.3 is 0 Å². The number of aliphatic imine (C=N–C) groups is 1. The Kier molecular flexibility index (Phi) is 6.16. The van der Waals surface area contributed by atoms with Crippen LogP contribution in [0.15, 0.2) is 94.4 Å². The van der Waals surface area contributed by atoms with Crippen molar-refractivity contribution in [3.05, 3.63) is 111 Å². The third-order valence-electron chi connectivity index (χ3n) is 4.57. The van der Waals surface area contributed by atoms with Gasteiger partial charge in [0, 0.05) is 33.8 Å². The largest absolute Gasteiger partial charge is 0.270 e. The van der Waals surface area contributed by atoms with E-state index < -0.39 is 4.92 Å². The number of anilines is 1. The second-order valence-electron chi connectivity index (χ2n) is 6.66. The van der Waals surface area contributed by atoms with E-state index in [0.29, 0.717) is 15.8 Å². The molecule has 3 aromatic carbocycles. The smallest absolute Gasteiger partial charge is 0.258 e. The van der Waals surface area contributed by atoms with Crippen LogP contribution in [0.25, 0.3) is 5.70 Å². The highest BCUT2D eigenvalue weighted by Gasteiger charge is 2.21. The molecule has 0 amide bonds. The number of nitro benzene ring substituents is 1. The van der Waals surface area contributed by atoms with Crippen molar-refractivity contribution in [2.75, 3.05) is 5.01 Å². The third-order valence-corrected chi connectivity index (χ3v) is 5.55. The number of nitrogens with zero attached hydrogens (tertiary/aromatic N) is 4. The Balaban J connectivity index is 1.72. The maximum absolute atomic E-state index is 11.2. The minimum Gasteiger partial charge on any atom is -0.258 e. The van der Waals surface area contributed by atoms with Crippen molar-refractivity contribution in [2.24, 2.45) is 10.1 Å². The van der Waals surface area contributed by atoms with Gasteiger partial charge in [-0.2, -0.15) is 0 Å². The van der Waals surface area contributed by atoms with Gasteiger partial charge in [-0.15, -0.1) is 5.10 Å². The number of halogens is 1. The summed E-state index contributed by atoms with van der Waals surface area (Å²) in [5.41, 5.74) is 4.06. The number of benzene rings is 3. The number of hydrazone groups is 1. The van der Waals surface area contributed by atoms with Crippen LogP contribution in [0.5, 0.6) is 0 Å². The number of amidine groups is 1. The third kappa shape index (κ3) is 4.84. The summed E-state index contributed by atoms with van der Waals surface area (Å²) < 4.78 is 0. The molecule has 1 heterocycles. The summed E-state index contributed by atoms with van der Waals surface area (Å²) in [4.78, 5) is 15.5. The number of hydrogen-bond donors (Lipinski definition) is 0. The van der Waals surface area contributed by atoms with Crippen LogP contribution < -0.4 is 5.01 Å². The molecule has 0 saturated carbocycles. The highest BCUT2D eigenvalue weighted by Crippen LogP contribution is 2.34. The van der Waals surface area contributed by atoms with Crippen molar-refractivity contribution in [1.82, 2.24) is 0 Å². The van der Waals surface area contributed by atoms with Crippen molar-refractivity contribution in [3.63, 3.8) is 0 Å². The SMILES string of the molecule is CC(=NC1=NN(c2ccccc2)C(c2cccc([N+](=O)[O-])c2)=CS1)c1ccc(Cl)cc1. The lowest BCUT2D eigenvalue weighted by atomic mass is 10.1. The molecule has 0 N–H and O–H groups in total. The fraction of sp³-hybridized carbons (Fsp3) is 0.0435. The summed E-state index contributed by atoms with van der Waals surface area (Å²) in [7, 11) is 0. The molecule has 0 saturated heterocycles. The summed E-state index contributed by atoms with van der Waals surface area (Å²) >= 11 is 7.34. The first kappa shape index (κ1) is 20.8. The summed E-state index contributed by atoms with van der Waals surface area (Å²) in [6, 6.07) is 23.6. The molecule has 0 spiro atoms. The van der Waals surface area contributed by atoms with Crippen LogP contribution in [0.1, 0.15) is 18.1 Å². The van der Waals surface area contributed by atoms with Crippen LogP contribution in [0.3, 0.4) is 0 Å². The van der Waals surface area contributed by atoms with Gasteiger partial charge in [0.15, 0.2) is 0 Å². The summed E-state index contributed by atoms with van der Waals surface area (Å²) in [5.74, 6) is 0. The average Bonchev–Trinajstić information content (AvgIpc) is 2.80. The molecule has 4 rings (SSSR count). The van der Waals surface area contributed by atoms with E-state index in [1.807, 2.05) is 73.0 Å². The quantitative estimate of drug-likeness (QED) is 0.257. The maximum Gasteiger partial charge on any atom is 0.270 e. The molecular formula is C23H17ClN4O2S. The number of para-hydroxylation sites is 1. The molecule has 154 valence electrons. The van der Waals surface area contributed by atoms with E-state index in [4.69, 9.17) is 16.7 Å². The maximum atomic E-state index is 11.2. The molecule has 0 aromatic heterocycles. The second kappa shape index (κ2) is 9.16. The van der Waals surface area contributed by atoms with E-state index in [-0.39, 0.29) is 5.69 Å². The molecule has 0 bridgehead atoms. The minimum absolute atomic E-state index is 0.0304. The van der Waals surface area contributed by atoms with Gasteiger partial charge >= 0.3 is 0 Å². The fourth-order valence-corrected chi connectivity index (χ4v) is 3.90. The van der Waals surface area contributed by atoms with Crippen LogP contribution >= 0.6 is 23.4 Å². The second-order valence-corrected chi connectivity index (χ2v) is 7.94. The number of nitro groups is 1. The highest BCUT2D eigenvalue weighted by atomic mass is 35.5. The normalized spacial score (nSPS) is 14.1. The molecular weight excluding hydrogens is 432 g/mol. The standard InChI is InChI=1S/C23H17ClN4O2S/c1-16(17-10-12-19(24)13-11-17)25-23-26-27(20-7-3-2-4-8-20)22(15-31-23)18-6-5-9-21(14-18)28(29)30/h2-15H,1H3. The Morgan fingerprint density at radius 2 is 1.81 bits per heavy atom. The van der Waals surface area contributed by atoms with E-state index in [2.05, 4.69) is 4.99 Å². The lowest BCUT2D eigenvalue weighted by molar-refractivity contribution is -0.384. The topological polar surface area (TPSA) is 71.1 Å². The summed E-state index contributed by atoms with van der Waals surface area (Å²) in [6.45, 7) is 1.92. The molecule has 0 aliphatic carbocycles. The van der Waals surface area contributed by atoms with E-state index in [1.165, 1.54) is 17.8 Å². The Hall–Kier alpha value is -3.42. The number of hydrogen-bond acceptors (Lipinski definition) is 6. The Labute approximate surface area is 188 Å². The van der Waals surface area contributed by atoms with Gasteiger partial charge in [-0.3, -0.25) is 10.1 Å². The zero-order chi connectivity index (χ0) is 21.8. The van der Waals surface area contributed by atoms with Crippen molar-refractivity contribution < 1.29 is 4.92 Å². The molecule has 1 aliphatic heterocycles. The molecule has 0 radical (unpaired) electrons. The zero-order valence-electron chi connectivity index (χ0n) is 16.5. The van der Waals surface area contributed by atoms with Gasteiger partial charge in [0.1, 0.15) is 0 Å². The van der Waals surface area contributed by atoms with Crippen molar-refractivity contribution in [1.29, 1.82) is 0 Å². The van der Waals surface area contributed by atoms with Gasteiger partial charge in [0.2, 0.25) is 5.17 Å². The van der Waals surface area contributed by atoms with Crippen molar-refractivity contribution in [2.45, 2.75) is 6.92 Å². The summed E-state index contributed by atoms with van der Waals surface area (Å²) in [5, 5.41) is 20.9. The Morgan fingerprint density at radius 3 is 2.52 bits per heavy atom. The molecule has 8 heteroatoms. The average molecular weight is 449 g/mol. The fourth-order valence-electron chi connectivity index (χ4n) is 3.00. The molecule has 0 unspecified atom stereocenters. The molecule has 6 nitrogen and oxygen atoms in total. The van der Waals surface area contributed by atoms with Crippen LogP contribution in [0.2, 0.25) is 5.02 Å². The number of rotatable bonds is 4. The molecule has 3 aromatic rings.